The van der Waals surface area contributed by atoms with Crippen LogP contribution in [0.5, 0.6) is 0 Å². The Bertz CT molecular complexity index is 1210. The summed E-state index contributed by atoms with van der Waals surface area (Å²) in [6.07, 6.45) is 5.07. The Morgan fingerprint density at radius 3 is 2.46 bits per heavy atom. The highest BCUT2D eigenvalue weighted by Crippen LogP contribution is 2.40. The lowest BCUT2D eigenvalue weighted by molar-refractivity contribution is -0.143. The minimum absolute atomic E-state index is 0.0790. The predicted molar refractivity (Wildman–Crippen MR) is 145 cm³/mol. The molecule has 0 saturated carbocycles. The van der Waals surface area contributed by atoms with Gasteiger partial charge in [-0.3, -0.25) is 9.59 Å². The molecule has 0 bridgehead atoms. The predicted octanol–water partition coefficient (Wildman–Crippen LogP) is 5.94. The molecule has 3 aromatic rings. The summed E-state index contributed by atoms with van der Waals surface area (Å²) < 4.78 is 6.99. The second kappa shape index (κ2) is 11.2. The van der Waals surface area contributed by atoms with E-state index in [1.165, 1.54) is 5.56 Å². The highest BCUT2D eigenvalue weighted by Gasteiger charge is 2.38. The first-order valence-electron chi connectivity index (χ1n) is 13.2. The number of unbranched alkanes of at least 4 members (excludes halogenated alkanes) is 1. The Morgan fingerprint density at radius 1 is 1.11 bits per heavy atom. The van der Waals surface area contributed by atoms with Crippen molar-refractivity contribution in [2.45, 2.75) is 76.9 Å². The molecule has 37 heavy (non-hydrogen) atoms. The van der Waals surface area contributed by atoms with E-state index >= 15 is 0 Å². The molecule has 0 saturated heterocycles. The van der Waals surface area contributed by atoms with Crippen molar-refractivity contribution in [2.75, 3.05) is 11.9 Å². The summed E-state index contributed by atoms with van der Waals surface area (Å²) in [6.45, 7) is 8.56. The number of rotatable bonds is 10. The monoisotopic (exact) mass is 502 g/mol. The number of fused-ring (bicyclic) bond motifs is 1. The lowest BCUT2D eigenvalue weighted by atomic mass is 9.86. The first-order chi connectivity index (χ1) is 17.7. The molecule has 196 valence electrons. The Balaban J connectivity index is 1.55. The number of amides is 1. The van der Waals surface area contributed by atoms with E-state index in [1.807, 2.05) is 67.1 Å². The lowest BCUT2D eigenvalue weighted by Gasteiger charge is -2.38. The van der Waals surface area contributed by atoms with E-state index in [0.29, 0.717) is 31.4 Å². The van der Waals surface area contributed by atoms with Gasteiger partial charge in [-0.25, -0.2) is 4.68 Å². The van der Waals surface area contributed by atoms with Crippen LogP contribution < -0.4 is 10.6 Å². The average Bonchev–Trinajstić information content (AvgIpc) is 3.33. The Kier molecular flexibility index (Phi) is 8.00. The van der Waals surface area contributed by atoms with Crippen LogP contribution in [0.3, 0.4) is 0 Å². The van der Waals surface area contributed by atoms with Gasteiger partial charge in [0.15, 0.2) is 0 Å². The number of aromatic nitrogens is 2. The van der Waals surface area contributed by atoms with Gasteiger partial charge in [0.1, 0.15) is 11.4 Å². The summed E-state index contributed by atoms with van der Waals surface area (Å²) in [5, 5.41) is 11.5. The number of hydrogen-bond acceptors (Lipinski definition) is 5. The highest BCUT2D eigenvalue weighted by molar-refractivity contribution is 5.99. The number of nitrogens with zero attached hydrogens (tertiary/aromatic N) is 2. The number of carbonyl (C=O) groups is 2. The minimum atomic E-state index is -0.606. The summed E-state index contributed by atoms with van der Waals surface area (Å²) in [6, 6.07) is 20.4. The fraction of sp³-hybridized carbons (Fsp3) is 0.433. The van der Waals surface area contributed by atoms with Gasteiger partial charge in [-0.15, -0.1) is 0 Å². The van der Waals surface area contributed by atoms with Gasteiger partial charge in [0.25, 0.3) is 5.91 Å². The van der Waals surface area contributed by atoms with Crippen LogP contribution in [0.1, 0.15) is 87.3 Å². The molecule has 2 heterocycles. The number of nitrogens with one attached hydrogen (secondary N) is 2. The van der Waals surface area contributed by atoms with Crippen LogP contribution in [-0.4, -0.2) is 28.3 Å². The molecular weight excluding hydrogens is 464 g/mol. The topological polar surface area (TPSA) is 85.2 Å². The second-order valence-corrected chi connectivity index (χ2v) is 10.6. The van der Waals surface area contributed by atoms with Crippen LogP contribution in [0.4, 0.5) is 5.82 Å². The summed E-state index contributed by atoms with van der Waals surface area (Å²) in [5.41, 5.74) is 1.88. The molecule has 1 aliphatic rings. The van der Waals surface area contributed by atoms with E-state index in [1.54, 1.807) is 6.20 Å². The van der Waals surface area contributed by atoms with Gasteiger partial charge in [-0.05, 0) is 58.1 Å². The zero-order chi connectivity index (χ0) is 26.5. The van der Waals surface area contributed by atoms with E-state index in [-0.39, 0.29) is 23.5 Å². The third-order valence-corrected chi connectivity index (χ3v) is 7.22. The van der Waals surface area contributed by atoms with Crippen LogP contribution >= 0.6 is 0 Å². The number of esters is 1. The largest absolute Gasteiger partial charge is 0.466 e. The second-order valence-electron chi connectivity index (χ2n) is 10.6. The van der Waals surface area contributed by atoms with Crippen molar-refractivity contribution in [1.29, 1.82) is 0 Å². The molecule has 1 amide bonds. The molecule has 1 aliphatic heterocycles. The van der Waals surface area contributed by atoms with Crippen LogP contribution in [0.2, 0.25) is 0 Å². The summed E-state index contributed by atoms with van der Waals surface area (Å²) in [4.78, 5) is 25.5. The number of carbonyl (C=O) groups excluding carboxylic acids is 2. The normalized spacial score (nSPS) is 17.7. The number of ether oxygens (including phenoxy) is 1. The highest BCUT2D eigenvalue weighted by atomic mass is 16.5. The molecule has 2 unspecified atom stereocenters. The van der Waals surface area contributed by atoms with Gasteiger partial charge in [0.2, 0.25) is 0 Å². The Hall–Kier alpha value is -3.61. The molecular formula is C30H38N4O3. The third-order valence-electron chi connectivity index (χ3n) is 7.22. The summed E-state index contributed by atoms with van der Waals surface area (Å²) >= 11 is 0. The maximum absolute atomic E-state index is 13.8. The van der Waals surface area contributed by atoms with Crippen molar-refractivity contribution in [3.8, 4) is 0 Å². The molecule has 2 N–H and O–H groups in total. The van der Waals surface area contributed by atoms with Gasteiger partial charge in [-0.2, -0.15) is 5.10 Å². The summed E-state index contributed by atoms with van der Waals surface area (Å²) in [7, 11) is 0. The van der Waals surface area contributed by atoms with Crippen LogP contribution in [-0.2, 0) is 20.6 Å². The fourth-order valence-corrected chi connectivity index (χ4v) is 5.19. The molecule has 0 radical (unpaired) electrons. The van der Waals surface area contributed by atoms with Gasteiger partial charge in [-0.1, -0.05) is 67.1 Å². The van der Waals surface area contributed by atoms with E-state index < -0.39 is 5.54 Å². The lowest BCUT2D eigenvalue weighted by Crippen LogP contribution is -2.44. The van der Waals surface area contributed by atoms with Crippen LogP contribution in [0.15, 0.2) is 66.9 Å². The van der Waals surface area contributed by atoms with E-state index in [2.05, 4.69) is 41.7 Å². The smallest absolute Gasteiger partial charge is 0.305 e. The summed E-state index contributed by atoms with van der Waals surface area (Å²) in [5.74, 6) is 0.386. The molecule has 0 fully saturated rings. The SMILES string of the molecule is CCOC(=O)CCCCC(C)(NC(=O)c1cnn2c1NC(c1ccccc1)CC2(C)C)c1ccccc1. The standard InChI is InChI=1S/C30H38N4O3/c1-5-37-26(35)18-12-13-19-30(4,23-16-10-7-11-17-23)33-28(36)24-21-31-34-27(24)32-25(20-29(34,2)3)22-14-8-6-9-15-22/h6-11,14-17,21,25,32H,5,12-13,18-20H2,1-4H3,(H,33,36). The maximum Gasteiger partial charge on any atom is 0.305 e. The van der Waals surface area contributed by atoms with Gasteiger partial charge >= 0.3 is 5.97 Å². The Morgan fingerprint density at radius 2 is 1.78 bits per heavy atom. The molecule has 2 atom stereocenters. The zero-order valence-corrected chi connectivity index (χ0v) is 22.3. The minimum Gasteiger partial charge on any atom is -0.466 e. The molecule has 7 heteroatoms. The van der Waals surface area contributed by atoms with Crippen molar-refractivity contribution in [2.24, 2.45) is 0 Å². The van der Waals surface area contributed by atoms with Crippen molar-refractivity contribution < 1.29 is 14.3 Å². The molecule has 0 aliphatic carbocycles. The fourth-order valence-electron chi connectivity index (χ4n) is 5.19. The molecule has 4 rings (SSSR count). The van der Waals surface area contributed by atoms with E-state index in [4.69, 9.17) is 4.74 Å². The maximum atomic E-state index is 13.8. The van der Waals surface area contributed by atoms with Crippen molar-refractivity contribution in [3.63, 3.8) is 0 Å². The molecule has 0 spiro atoms. The van der Waals surface area contributed by atoms with Crippen molar-refractivity contribution in [3.05, 3.63) is 83.6 Å². The van der Waals surface area contributed by atoms with E-state index in [9.17, 15) is 9.59 Å². The van der Waals surface area contributed by atoms with Crippen molar-refractivity contribution >= 4 is 17.7 Å². The quantitative estimate of drug-likeness (QED) is 0.265. The van der Waals surface area contributed by atoms with Crippen molar-refractivity contribution in [1.82, 2.24) is 15.1 Å². The zero-order valence-electron chi connectivity index (χ0n) is 22.3. The van der Waals surface area contributed by atoms with E-state index in [0.717, 1.165) is 24.2 Å². The Labute approximate surface area is 219 Å². The number of anilines is 1. The number of hydrogen-bond donors (Lipinski definition) is 2. The first kappa shape index (κ1) is 26.5. The van der Waals surface area contributed by atoms with Gasteiger partial charge < -0.3 is 15.4 Å². The van der Waals surface area contributed by atoms with Crippen LogP contribution in [0.25, 0.3) is 0 Å². The third kappa shape index (κ3) is 6.04. The molecule has 2 aromatic carbocycles. The van der Waals surface area contributed by atoms with Gasteiger partial charge in [0, 0.05) is 6.42 Å². The molecule has 7 nitrogen and oxygen atoms in total. The van der Waals surface area contributed by atoms with Gasteiger partial charge in [0.05, 0.1) is 29.9 Å². The molecule has 1 aromatic heterocycles. The number of benzene rings is 2. The average molecular weight is 503 g/mol. The van der Waals surface area contributed by atoms with Crippen LogP contribution in [0, 0.1) is 0 Å². The first-order valence-corrected chi connectivity index (χ1v) is 13.2.